The van der Waals surface area contributed by atoms with Crippen LogP contribution in [0.4, 0.5) is 0 Å². The molecular weight excluding hydrogens is 242 g/mol. The van der Waals surface area contributed by atoms with Crippen molar-refractivity contribution in [2.45, 2.75) is 38.6 Å². The number of nitrogens with two attached hydrogens (primary N) is 1. The third-order valence-corrected chi connectivity index (χ3v) is 3.26. The second-order valence-electron chi connectivity index (χ2n) is 3.64. The van der Waals surface area contributed by atoms with E-state index in [1.54, 1.807) is 6.92 Å². The lowest BCUT2D eigenvalue weighted by molar-refractivity contribution is -0.143. The number of rotatable bonds is 10. The van der Waals surface area contributed by atoms with Gasteiger partial charge in [0.2, 0.25) is 0 Å². The van der Waals surface area contributed by atoms with Crippen LogP contribution < -0.4 is 5.73 Å². The summed E-state index contributed by atoms with van der Waals surface area (Å²) in [5, 5.41) is 8.54. The molecule has 17 heavy (non-hydrogen) atoms. The molecule has 3 N–H and O–H groups in total. The van der Waals surface area contributed by atoms with Crippen molar-refractivity contribution in [3.63, 3.8) is 0 Å². The molecule has 0 saturated carbocycles. The maximum Gasteiger partial charge on any atom is 0.321 e. The Bertz CT molecular complexity index is 236. The average molecular weight is 263 g/mol. The normalized spacial score (nSPS) is 12.1. The number of thioether (sulfide) groups is 1. The second-order valence-corrected chi connectivity index (χ2v) is 4.79. The van der Waals surface area contributed by atoms with Gasteiger partial charge in [0.1, 0.15) is 6.04 Å². The number of hydrogen-bond donors (Lipinski definition) is 2. The molecule has 0 aliphatic carbocycles. The van der Waals surface area contributed by atoms with Crippen LogP contribution in [0.1, 0.15) is 32.6 Å². The van der Waals surface area contributed by atoms with Gasteiger partial charge < -0.3 is 15.6 Å². The maximum absolute atomic E-state index is 11.0. The lowest BCUT2D eigenvalue weighted by Gasteiger charge is -2.05. The van der Waals surface area contributed by atoms with Gasteiger partial charge >= 0.3 is 11.9 Å². The van der Waals surface area contributed by atoms with Gasteiger partial charge in [-0.3, -0.25) is 9.59 Å². The highest BCUT2D eigenvalue weighted by molar-refractivity contribution is 7.99. The van der Waals surface area contributed by atoms with Crippen molar-refractivity contribution in [2.24, 2.45) is 5.73 Å². The summed E-state index contributed by atoms with van der Waals surface area (Å²) in [5.74, 6) is 0.213. The van der Waals surface area contributed by atoms with E-state index in [4.69, 9.17) is 15.6 Å². The number of aliphatic carboxylic acids is 1. The molecule has 0 rings (SSSR count). The Morgan fingerprint density at radius 2 is 2.06 bits per heavy atom. The molecular formula is C11H21NO4S. The molecule has 0 fully saturated rings. The number of carboxylic acid groups (broad SMARTS) is 1. The number of ether oxygens (including phenoxy) is 1. The van der Waals surface area contributed by atoms with E-state index < -0.39 is 12.0 Å². The molecule has 0 saturated heterocycles. The van der Waals surface area contributed by atoms with Crippen LogP contribution in [-0.2, 0) is 14.3 Å². The van der Waals surface area contributed by atoms with Crippen LogP contribution >= 0.6 is 11.8 Å². The van der Waals surface area contributed by atoms with E-state index in [9.17, 15) is 9.59 Å². The van der Waals surface area contributed by atoms with Gasteiger partial charge in [-0.15, -0.1) is 0 Å². The van der Waals surface area contributed by atoms with Crippen molar-refractivity contribution < 1.29 is 19.4 Å². The zero-order valence-corrected chi connectivity index (χ0v) is 11.0. The van der Waals surface area contributed by atoms with Crippen molar-refractivity contribution in [1.29, 1.82) is 0 Å². The summed E-state index contributed by atoms with van der Waals surface area (Å²) in [5.41, 5.74) is 5.35. The van der Waals surface area contributed by atoms with Crippen molar-refractivity contribution in [3.05, 3.63) is 0 Å². The minimum Gasteiger partial charge on any atom is -0.480 e. The summed E-state index contributed by atoms with van der Waals surface area (Å²) in [6.45, 7) is 2.22. The molecule has 1 atom stereocenters. The first-order valence-electron chi connectivity index (χ1n) is 5.79. The third-order valence-electron chi connectivity index (χ3n) is 2.09. The zero-order chi connectivity index (χ0) is 13.1. The van der Waals surface area contributed by atoms with Crippen LogP contribution in [0.5, 0.6) is 0 Å². The van der Waals surface area contributed by atoms with E-state index in [0.29, 0.717) is 18.8 Å². The minimum absolute atomic E-state index is 0.145. The van der Waals surface area contributed by atoms with Gasteiger partial charge in [-0.1, -0.05) is 6.42 Å². The monoisotopic (exact) mass is 263 g/mol. The zero-order valence-electron chi connectivity index (χ0n) is 10.2. The summed E-state index contributed by atoms with van der Waals surface area (Å²) in [6.07, 6.45) is 3.21. The standard InChI is InChI=1S/C11H21NO4S/c1-2-16-10(13)6-4-3-5-7-17-8-9(12)11(14)15/h9H,2-8,12H2,1H3,(H,14,15)/t9-/m0/s1. The number of carbonyl (C=O) groups is 2. The molecule has 0 bridgehead atoms. The molecule has 6 heteroatoms. The second kappa shape index (κ2) is 10.4. The lowest BCUT2D eigenvalue weighted by atomic mass is 10.2. The number of unbranched alkanes of at least 4 members (excludes halogenated alkanes) is 2. The molecule has 0 aliphatic rings. The number of carbonyl (C=O) groups excluding carboxylic acids is 1. The van der Waals surface area contributed by atoms with Crippen LogP contribution in [0.25, 0.3) is 0 Å². The Morgan fingerprint density at radius 1 is 1.35 bits per heavy atom. The van der Waals surface area contributed by atoms with E-state index in [1.165, 1.54) is 11.8 Å². The topological polar surface area (TPSA) is 89.6 Å². The van der Waals surface area contributed by atoms with Crippen molar-refractivity contribution >= 4 is 23.7 Å². The average Bonchev–Trinajstić information content (AvgIpc) is 2.27. The molecule has 0 heterocycles. The molecule has 0 spiro atoms. The Balaban J connectivity index is 3.24. The fourth-order valence-electron chi connectivity index (χ4n) is 1.16. The van der Waals surface area contributed by atoms with Gasteiger partial charge in [0.25, 0.3) is 0 Å². The van der Waals surface area contributed by atoms with E-state index in [2.05, 4.69) is 0 Å². The molecule has 5 nitrogen and oxygen atoms in total. The van der Waals surface area contributed by atoms with Gasteiger partial charge in [0, 0.05) is 12.2 Å². The van der Waals surface area contributed by atoms with Crippen LogP contribution in [0.2, 0.25) is 0 Å². The maximum atomic E-state index is 11.0. The highest BCUT2D eigenvalue weighted by atomic mass is 32.2. The Labute approximate surface area is 106 Å². The highest BCUT2D eigenvalue weighted by Gasteiger charge is 2.10. The van der Waals surface area contributed by atoms with Crippen LogP contribution in [-0.4, -0.2) is 41.2 Å². The summed E-state index contributed by atoms with van der Waals surface area (Å²) in [4.78, 5) is 21.4. The highest BCUT2D eigenvalue weighted by Crippen LogP contribution is 2.09. The van der Waals surface area contributed by atoms with E-state index >= 15 is 0 Å². The third kappa shape index (κ3) is 10.1. The first kappa shape index (κ1) is 16.2. The fourth-order valence-corrected chi connectivity index (χ4v) is 2.14. The lowest BCUT2D eigenvalue weighted by Crippen LogP contribution is -2.32. The van der Waals surface area contributed by atoms with Crippen LogP contribution in [0.3, 0.4) is 0 Å². The quantitative estimate of drug-likeness (QED) is 0.455. The molecule has 100 valence electrons. The van der Waals surface area contributed by atoms with Crippen molar-refractivity contribution in [2.75, 3.05) is 18.1 Å². The summed E-state index contributed by atoms with van der Waals surface area (Å²) in [7, 11) is 0. The Hall–Kier alpha value is -0.750. The Morgan fingerprint density at radius 3 is 2.65 bits per heavy atom. The summed E-state index contributed by atoms with van der Waals surface area (Å²) >= 11 is 1.54. The predicted octanol–water partition coefficient (Wildman–Crippen LogP) is 1.25. The molecule has 0 unspecified atom stereocenters. The minimum atomic E-state index is -0.959. The molecule has 0 aromatic carbocycles. The number of carboxylic acids is 1. The molecule has 0 radical (unpaired) electrons. The number of hydrogen-bond acceptors (Lipinski definition) is 5. The largest absolute Gasteiger partial charge is 0.480 e. The summed E-state index contributed by atoms with van der Waals surface area (Å²) in [6, 6.07) is -0.778. The van der Waals surface area contributed by atoms with Gasteiger partial charge in [-0.25, -0.2) is 0 Å². The van der Waals surface area contributed by atoms with Gasteiger partial charge in [0.15, 0.2) is 0 Å². The van der Waals surface area contributed by atoms with Gasteiger partial charge in [-0.2, -0.15) is 11.8 Å². The van der Waals surface area contributed by atoms with E-state index in [0.717, 1.165) is 25.0 Å². The molecule has 0 aromatic heterocycles. The van der Waals surface area contributed by atoms with Crippen molar-refractivity contribution in [3.8, 4) is 0 Å². The fraction of sp³-hybridized carbons (Fsp3) is 0.818. The molecule has 0 aromatic rings. The SMILES string of the molecule is CCOC(=O)CCCCCSC[C@H](N)C(=O)O. The first-order valence-corrected chi connectivity index (χ1v) is 6.95. The molecule has 0 aliphatic heterocycles. The van der Waals surface area contributed by atoms with Gasteiger partial charge in [-0.05, 0) is 25.5 Å². The van der Waals surface area contributed by atoms with Crippen LogP contribution in [0.15, 0.2) is 0 Å². The summed E-state index contributed by atoms with van der Waals surface area (Å²) < 4.78 is 4.80. The molecule has 0 amide bonds. The van der Waals surface area contributed by atoms with Crippen molar-refractivity contribution in [1.82, 2.24) is 0 Å². The van der Waals surface area contributed by atoms with E-state index in [1.807, 2.05) is 0 Å². The Kier molecular flexibility index (Phi) is 9.95. The first-order chi connectivity index (χ1) is 8.07. The van der Waals surface area contributed by atoms with E-state index in [-0.39, 0.29) is 5.97 Å². The smallest absolute Gasteiger partial charge is 0.321 e. The number of esters is 1. The predicted molar refractivity (Wildman–Crippen MR) is 68.0 cm³/mol. The van der Waals surface area contributed by atoms with Gasteiger partial charge in [0.05, 0.1) is 6.61 Å². The van der Waals surface area contributed by atoms with Crippen LogP contribution in [0, 0.1) is 0 Å².